The zero-order valence-electron chi connectivity index (χ0n) is 10.5. The van der Waals surface area contributed by atoms with Gasteiger partial charge in [-0.1, -0.05) is 6.92 Å². The summed E-state index contributed by atoms with van der Waals surface area (Å²) in [6, 6.07) is 1.76. The van der Waals surface area contributed by atoms with E-state index in [0.717, 1.165) is 24.3 Å². The van der Waals surface area contributed by atoms with Crippen LogP contribution in [0.1, 0.15) is 23.7 Å². The van der Waals surface area contributed by atoms with Crippen molar-refractivity contribution < 1.29 is 18.7 Å². The van der Waals surface area contributed by atoms with Crippen LogP contribution in [0.15, 0.2) is 12.1 Å². The van der Waals surface area contributed by atoms with Crippen LogP contribution in [0.3, 0.4) is 0 Å². The molecule has 104 valence electrons. The molecule has 1 atom stereocenters. The molecule has 0 radical (unpaired) electrons. The van der Waals surface area contributed by atoms with Gasteiger partial charge in [-0.05, 0) is 18.6 Å². The highest BCUT2D eigenvalue weighted by molar-refractivity contribution is 8.00. The Morgan fingerprint density at radius 1 is 1.47 bits per heavy atom. The Balaban J connectivity index is 2.31. The number of carboxylic acids is 1. The fourth-order valence-electron chi connectivity index (χ4n) is 2.16. The van der Waals surface area contributed by atoms with Gasteiger partial charge in [-0.25, -0.2) is 13.6 Å². The number of hydrogen-bond donors (Lipinski definition) is 1. The van der Waals surface area contributed by atoms with Crippen LogP contribution in [-0.4, -0.2) is 35.2 Å². The summed E-state index contributed by atoms with van der Waals surface area (Å²) in [4.78, 5) is 12.4. The maximum absolute atomic E-state index is 13.9. The van der Waals surface area contributed by atoms with E-state index in [9.17, 15) is 13.6 Å². The predicted octanol–water partition coefficient (Wildman–Crippen LogP) is 2.99. The topological polar surface area (TPSA) is 40.5 Å². The maximum atomic E-state index is 13.9. The van der Waals surface area contributed by atoms with Crippen LogP contribution >= 0.6 is 11.8 Å². The zero-order chi connectivity index (χ0) is 14.0. The van der Waals surface area contributed by atoms with Gasteiger partial charge in [-0.2, -0.15) is 11.8 Å². The Morgan fingerprint density at radius 2 is 2.11 bits per heavy atom. The quantitative estimate of drug-likeness (QED) is 0.928. The Labute approximate surface area is 114 Å². The second-order valence-electron chi connectivity index (χ2n) is 4.44. The lowest BCUT2D eigenvalue weighted by atomic mass is 10.1. The van der Waals surface area contributed by atoms with E-state index in [1.54, 1.807) is 16.7 Å². The fourth-order valence-corrected chi connectivity index (χ4v) is 3.34. The van der Waals surface area contributed by atoms with E-state index in [2.05, 4.69) is 0 Å². The largest absolute Gasteiger partial charge is 0.478 e. The summed E-state index contributed by atoms with van der Waals surface area (Å²) in [7, 11) is 0. The van der Waals surface area contributed by atoms with Crippen LogP contribution in [0.4, 0.5) is 14.5 Å². The second kappa shape index (κ2) is 5.77. The van der Waals surface area contributed by atoms with Gasteiger partial charge in [0.25, 0.3) is 0 Å². The number of nitrogens with zero attached hydrogens (tertiary/aromatic N) is 1. The summed E-state index contributed by atoms with van der Waals surface area (Å²) in [5.41, 5.74) is -0.471. The molecule has 1 N–H and O–H groups in total. The van der Waals surface area contributed by atoms with Crippen molar-refractivity contribution in [1.29, 1.82) is 0 Å². The minimum absolute atomic E-state index is 0.108. The zero-order valence-corrected chi connectivity index (χ0v) is 11.3. The van der Waals surface area contributed by atoms with Crippen molar-refractivity contribution in [2.75, 3.05) is 23.7 Å². The summed E-state index contributed by atoms with van der Waals surface area (Å²) in [5, 5.41) is 9.12. The maximum Gasteiger partial charge on any atom is 0.335 e. The molecule has 6 heteroatoms. The van der Waals surface area contributed by atoms with Gasteiger partial charge in [-0.15, -0.1) is 0 Å². The molecule has 1 heterocycles. The summed E-state index contributed by atoms with van der Waals surface area (Å²) < 4.78 is 27.9. The molecule has 0 bridgehead atoms. The van der Waals surface area contributed by atoms with Crippen LogP contribution in [0.25, 0.3) is 0 Å². The second-order valence-corrected chi connectivity index (χ2v) is 5.85. The van der Waals surface area contributed by atoms with Crippen molar-refractivity contribution in [3.8, 4) is 0 Å². The number of aromatic carboxylic acids is 1. The number of anilines is 1. The van der Waals surface area contributed by atoms with Gasteiger partial charge in [0.1, 0.15) is 17.3 Å². The van der Waals surface area contributed by atoms with Gasteiger partial charge in [0, 0.05) is 24.1 Å². The number of hydrogen-bond acceptors (Lipinski definition) is 3. The van der Waals surface area contributed by atoms with Crippen molar-refractivity contribution >= 4 is 23.4 Å². The lowest BCUT2D eigenvalue weighted by Gasteiger charge is -2.34. The van der Waals surface area contributed by atoms with Crippen LogP contribution < -0.4 is 4.90 Å². The van der Waals surface area contributed by atoms with Crippen molar-refractivity contribution in [1.82, 2.24) is 0 Å². The van der Waals surface area contributed by atoms with Crippen LogP contribution in [0.2, 0.25) is 0 Å². The van der Waals surface area contributed by atoms with Crippen molar-refractivity contribution in [3.63, 3.8) is 0 Å². The fraction of sp³-hybridized carbons (Fsp3) is 0.462. The molecule has 19 heavy (non-hydrogen) atoms. The van der Waals surface area contributed by atoms with Crippen LogP contribution in [-0.2, 0) is 0 Å². The molecule has 1 aromatic rings. The van der Waals surface area contributed by atoms with Gasteiger partial charge >= 0.3 is 5.97 Å². The molecular formula is C13H15F2NO2S. The van der Waals surface area contributed by atoms with E-state index in [0.29, 0.717) is 18.3 Å². The first-order chi connectivity index (χ1) is 9.02. The number of halogens is 2. The Hall–Kier alpha value is -1.30. The smallest absolute Gasteiger partial charge is 0.335 e. The molecule has 0 aromatic heterocycles. The van der Waals surface area contributed by atoms with Gasteiger partial charge in [-0.3, -0.25) is 0 Å². The first kappa shape index (κ1) is 14.1. The molecule has 0 spiro atoms. The molecule has 1 fully saturated rings. The van der Waals surface area contributed by atoms with Crippen LogP contribution in [0.5, 0.6) is 0 Å². The molecule has 3 nitrogen and oxygen atoms in total. The minimum Gasteiger partial charge on any atom is -0.478 e. The average molecular weight is 287 g/mol. The molecular weight excluding hydrogens is 272 g/mol. The normalized spacial score (nSPS) is 19.5. The SMILES string of the molecule is CCC1CN(c2c(F)cc(C(=O)O)cc2F)CCS1. The van der Waals surface area contributed by atoms with Crippen molar-refractivity contribution in [2.45, 2.75) is 18.6 Å². The summed E-state index contributed by atoms with van der Waals surface area (Å²) in [6.07, 6.45) is 0.942. The third kappa shape index (κ3) is 3.00. The first-order valence-corrected chi connectivity index (χ1v) is 7.16. The van der Waals surface area contributed by atoms with E-state index in [1.165, 1.54) is 0 Å². The van der Waals surface area contributed by atoms with E-state index in [4.69, 9.17) is 5.11 Å². The molecule has 0 saturated carbocycles. The number of rotatable bonds is 3. The standard InChI is InChI=1S/C13H15F2NO2S/c1-2-9-7-16(3-4-19-9)12-10(14)5-8(13(17)18)6-11(12)15/h5-6,9H,2-4,7H2,1H3,(H,17,18). The molecule has 1 unspecified atom stereocenters. The van der Waals surface area contributed by atoms with E-state index < -0.39 is 17.6 Å². The minimum atomic E-state index is -1.33. The molecule has 1 aromatic carbocycles. The highest BCUT2D eigenvalue weighted by atomic mass is 32.2. The third-order valence-corrected chi connectivity index (χ3v) is 4.55. The number of thioether (sulfide) groups is 1. The highest BCUT2D eigenvalue weighted by Crippen LogP contribution is 2.30. The summed E-state index contributed by atoms with van der Waals surface area (Å²) >= 11 is 1.80. The summed E-state index contributed by atoms with van der Waals surface area (Å²) in [5.74, 6) is -2.12. The van der Waals surface area contributed by atoms with Gasteiger partial charge < -0.3 is 10.0 Å². The number of benzene rings is 1. The monoisotopic (exact) mass is 287 g/mol. The molecule has 0 aliphatic carbocycles. The first-order valence-electron chi connectivity index (χ1n) is 6.11. The molecule has 1 aliphatic rings. The lowest BCUT2D eigenvalue weighted by molar-refractivity contribution is 0.0696. The van der Waals surface area contributed by atoms with Crippen molar-refractivity contribution in [3.05, 3.63) is 29.3 Å². The van der Waals surface area contributed by atoms with E-state index >= 15 is 0 Å². The molecule has 0 amide bonds. The Morgan fingerprint density at radius 3 is 2.63 bits per heavy atom. The Kier molecular flexibility index (Phi) is 4.29. The van der Waals surface area contributed by atoms with E-state index in [1.807, 2.05) is 6.92 Å². The predicted molar refractivity (Wildman–Crippen MR) is 72.1 cm³/mol. The number of carboxylic acid groups (broad SMARTS) is 1. The molecule has 2 rings (SSSR count). The highest BCUT2D eigenvalue weighted by Gasteiger charge is 2.25. The van der Waals surface area contributed by atoms with Gasteiger partial charge in [0.2, 0.25) is 0 Å². The Bertz CT molecular complexity index is 473. The molecule has 1 saturated heterocycles. The van der Waals surface area contributed by atoms with Crippen molar-refractivity contribution in [2.24, 2.45) is 0 Å². The lowest BCUT2D eigenvalue weighted by Crippen LogP contribution is -2.38. The average Bonchev–Trinajstić information content (AvgIpc) is 2.38. The van der Waals surface area contributed by atoms with E-state index in [-0.39, 0.29) is 11.3 Å². The van der Waals surface area contributed by atoms with Crippen LogP contribution in [0, 0.1) is 11.6 Å². The third-order valence-electron chi connectivity index (χ3n) is 3.17. The molecule has 1 aliphatic heterocycles. The van der Waals surface area contributed by atoms with Gasteiger partial charge in [0.15, 0.2) is 0 Å². The summed E-state index contributed by atoms with van der Waals surface area (Å²) in [6.45, 7) is 3.20. The van der Waals surface area contributed by atoms with Gasteiger partial charge in [0.05, 0.1) is 5.56 Å². The number of carbonyl (C=O) groups is 1.